The summed E-state index contributed by atoms with van der Waals surface area (Å²) in [5.41, 5.74) is 5.23. The molecule has 2 aromatic carbocycles. The zero-order chi connectivity index (χ0) is 25.6. The van der Waals surface area contributed by atoms with Crippen LogP contribution in [0.3, 0.4) is 0 Å². The number of fused-ring (bicyclic) bond motifs is 1. The molecule has 2 heterocycles. The Bertz CT molecular complexity index is 1150. The van der Waals surface area contributed by atoms with E-state index in [0.717, 1.165) is 43.6 Å². The summed E-state index contributed by atoms with van der Waals surface area (Å²) in [6, 6.07) is 14.3. The number of amides is 1. The van der Waals surface area contributed by atoms with Crippen molar-refractivity contribution in [2.24, 2.45) is 0 Å². The first-order valence-electron chi connectivity index (χ1n) is 13.5. The van der Waals surface area contributed by atoms with E-state index in [0.29, 0.717) is 42.7 Å². The van der Waals surface area contributed by atoms with Crippen LogP contribution in [-0.2, 0) is 9.53 Å². The number of anilines is 1. The third kappa shape index (κ3) is 6.25. The highest BCUT2D eigenvalue weighted by Gasteiger charge is 2.29. The largest absolute Gasteiger partial charge is 0.493 e. The first kappa shape index (κ1) is 25.6. The monoisotopic (exact) mass is 502 g/mol. The fourth-order valence-electron chi connectivity index (χ4n) is 5.54. The molecule has 6 heteroatoms. The van der Waals surface area contributed by atoms with Crippen LogP contribution >= 0.6 is 0 Å². The van der Waals surface area contributed by atoms with Crippen molar-refractivity contribution in [3.05, 3.63) is 76.9 Å². The molecule has 2 unspecified atom stereocenters. The molecule has 6 nitrogen and oxygen atoms in total. The summed E-state index contributed by atoms with van der Waals surface area (Å²) in [5, 5.41) is 3.12. The molecule has 37 heavy (non-hydrogen) atoms. The second-order valence-corrected chi connectivity index (χ2v) is 10.2. The first-order chi connectivity index (χ1) is 18.1. The van der Waals surface area contributed by atoms with Crippen LogP contribution in [0.25, 0.3) is 0 Å². The average Bonchev–Trinajstić information content (AvgIpc) is 3.34. The lowest BCUT2D eigenvalue weighted by molar-refractivity contribution is -0.113. The molecule has 5 rings (SSSR count). The molecule has 1 amide bonds. The van der Waals surface area contributed by atoms with Gasteiger partial charge in [-0.25, -0.2) is 0 Å². The normalized spacial score (nSPS) is 21.9. The molecule has 2 atom stereocenters. The van der Waals surface area contributed by atoms with Crippen LogP contribution in [0.2, 0.25) is 0 Å². The van der Waals surface area contributed by atoms with Gasteiger partial charge in [-0.2, -0.15) is 0 Å². The highest BCUT2D eigenvalue weighted by molar-refractivity contribution is 6.04. The minimum atomic E-state index is -0.134. The summed E-state index contributed by atoms with van der Waals surface area (Å²) in [5.74, 6) is 1.59. The van der Waals surface area contributed by atoms with E-state index in [2.05, 4.69) is 53.6 Å². The van der Waals surface area contributed by atoms with Crippen LogP contribution in [0.4, 0.5) is 5.69 Å². The van der Waals surface area contributed by atoms with Gasteiger partial charge >= 0.3 is 0 Å². The van der Waals surface area contributed by atoms with Crippen molar-refractivity contribution in [2.75, 3.05) is 45.3 Å². The number of hydrogen-bond donors (Lipinski definition) is 1. The van der Waals surface area contributed by atoms with Gasteiger partial charge in [0.1, 0.15) is 6.61 Å². The van der Waals surface area contributed by atoms with E-state index in [1.54, 1.807) is 7.11 Å². The Kier molecular flexibility index (Phi) is 8.27. The predicted molar refractivity (Wildman–Crippen MR) is 146 cm³/mol. The predicted octanol–water partition coefficient (Wildman–Crippen LogP) is 5.64. The Morgan fingerprint density at radius 1 is 1.05 bits per heavy atom. The van der Waals surface area contributed by atoms with Gasteiger partial charge in [0.15, 0.2) is 11.5 Å². The van der Waals surface area contributed by atoms with Gasteiger partial charge in [0.2, 0.25) is 0 Å². The number of carbonyl (C=O) groups is 1. The van der Waals surface area contributed by atoms with Crippen molar-refractivity contribution in [2.45, 2.75) is 51.0 Å². The van der Waals surface area contributed by atoms with Crippen LogP contribution in [0.15, 0.2) is 65.8 Å². The van der Waals surface area contributed by atoms with E-state index >= 15 is 0 Å². The van der Waals surface area contributed by atoms with E-state index in [1.807, 2.05) is 18.2 Å². The minimum absolute atomic E-state index is 0.0568. The van der Waals surface area contributed by atoms with Crippen LogP contribution in [0, 0.1) is 6.92 Å². The third-order valence-electron chi connectivity index (χ3n) is 7.69. The zero-order valence-electron chi connectivity index (χ0n) is 22.0. The summed E-state index contributed by atoms with van der Waals surface area (Å²) in [4.78, 5) is 15.9. The highest BCUT2D eigenvalue weighted by Crippen LogP contribution is 2.36. The van der Waals surface area contributed by atoms with E-state index in [-0.39, 0.29) is 12.0 Å². The fourth-order valence-corrected chi connectivity index (χ4v) is 5.54. The van der Waals surface area contributed by atoms with E-state index in [4.69, 9.17) is 14.2 Å². The Balaban J connectivity index is 1.27. The second-order valence-electron chi connectivity index (χ2n) is 10.2. The maximum Gasteiger partial charge on any atom is 0.251 e. The summed E-state index contributed by atoms with van der Waals surface area (Å²) in [7, 11) is 1.64. The Morgan fingerprint density at radius 2 is 1.86 bits per heavy atom. The van der Waals surface area contributed by atoms with Crippen molar-refractivity contribution in [1.29, 1.82) is 0 Å². The topological polar surface area (TPSA) is 60.0 Å². The SMILES string of the molecule is COc1ccc(NC(=O)C2=C3CCC(c4ccc(C)cc4)C=CC3OCC2)cc1OCCN1CCCC1. The number of nitrogens with one attached hydrogen (secondary N) is 1. The Labute approximate surface area is 220 Å². The van der Waals surface area contributed by atoms with Gasteiger partial charge in [0.25, 0.3) is 5.91 Å². The number of nitrogens with zero attached hydrogens (tertiary/aromatic N) is 1. The molecular weight excluding hydrogens is 464 g/mol. The molecule has 196 valence electrons. The van der Waals surface area contributed by atoms with Gasteiger partial charge in [-0.15, -0.1) is 0 Å². The van der Waals surface area contributed by atoms with Crippen LogP contribution in [-0.4, -0.2) is 56.9 Å². The van der Waals surface area contributed by atoms with Crippen LogP contribution < -0.4 is 14.8 Å². The molecule has 1 fully saturated rings. The smallest absolute Gasteiger partial charge is 0.251 e. The summed E-state index contributed by atoms with van der Waals surface area (Å²) in [6.45, 7) is 6.42. The molecule has 3 aliphatic rings. The average molecular weight is 503 g/mol. The standard InChI is InChI=1S/C31H38N2O4/c1-22-5-7-23(8-6-22)24-9-12-26-27(15-19-36-28(26)13-10-24)31(34)32-25-11-14-29(35-2)30(21-25)37-20-18-33-16-3-4-17-33/h5-8,10-11,13-14,21,24,28H,3-4,9,12,15-20H2,1-2H3,(H,32,34). The zero-order valence-corrected chi connectivity index (χ0v) is 22.0. The van der Waals surface area contributed by atoms with Crippen molar-refractivity contribution in [3.8, 4) is 11.5 Å². The number of carbonyl (C=O) groups excluding carboxylic acids is 1. The number of methoxy groups -OCH3 is 1. The number of rotatable bonds is 8. The first-order valence-corrected chi connectivity index (χ1v) is 13.5. The van der Waals surface area contributed by atoms with Gasteiger partial charge in [-0.3, -0.25) is 9.69 Å². The van der Waals surface area contributed by atoms with Crippen molar-refractivity contribution in [3.63, 3.8) is 0 Å². The fraction of sp³-hybridized carbons (Fsp3) is 0.452. The lowest BCUT2D eigenvalue weighted by Crippen LogP contribution is -2.27. The maximum absolute atomic E-state index is 13.5. The molecule has 0 bridgehead atoms. The molecule has 2 aliphatic heterocycles. The second kappa shape index (κ2) is 12.0. The third-order valence-corrected chi connectivity index (χ3v) is 7.69. The minimum Gasteiger partial charge on any atom is -0.493 e. The summed E-state index contributed by atoms with van der Waals surface area (Å²) < 4.78 is 17.6. The molecule has 1 saturated heterocycles. The number of benzene rings is 2. The Morgan fingerprint density at radius 3 is 2.65 bits per heavy atom. The number of ether oxygens (including phenoxy) is 3. The number of aryl methyl sites for hydroxylation is 1. The summed E-state index contributed by atoms with van der Waals surface area (Å²) >= 11 is 0. The molecule has 1 aliphatic carbocycles. The Hall–Kier alpha value is -3.09. The van der Waals surface area contributed by atoms with Crippen LogP contribution in [0.5, 0.6) is 11.5 Å². The molecular formula is C31H38N2O4. The maximum atomic E-state index is 13.5. The molecule has 2 aromatic rings. The van der Waals surface area contributed by atoms with E-state index in [9.17, 15) is 4.79 Å². The van der Waals surface area contributed by atoms with Crippen molar-refractivity contribution < 1.29 is 19.0 Å². The number of allylic oxidation sites excluding steroid dienone is 1. The van der Waals surface area contributed by atoms with Gasteiger partial charge in [0.05, 0.1) is 19.8 Å². The van der Waals surface area contributed by atoms with Gasteiger partial charge in [-0.05, 0) is 69.0 Å². The van der Waals surface area contributed by atoms with Gasteiger partial charge in [-0.1, -0.05) is 42.0 Å². The molecule has 0 radical (unpaired) electrons. The molecule has 0 saturated carbocycles. The van der Waals surface area contributed by atoms with Crippen molar-refractivity contribution >= 4 is 11.6 Å². The van der Waals surface area contributed by atoms with Gasteiger partial charge < -0.3 is 19.5 Å². The van der Waals surface area contributed by atoms with Gasteiger partial charge in [0, 0.05) is 36.2 Å². The van der Waals surface area contributed by atoms with E-state index in [1.165, 1.54) is 24.0 Å². The highest BCUT2D eigenvalue weighted by atomic mass is 16.5. The molecule has 1 N–H and O–H groups in total. The number of hydrogen-bond acceptors (Lipinski definition) is 5. The van der Waals surface area contributed by atoms with Crippen LogP contribution in [0.1, 0.15) is 49.1 Å². The lowest BCUT2D eigenvalue weighted by Gasteiger charge is -2.26. The number of likely N-dealkylation sites (tertiary alicyclic amines) is 1. The van der Waals surface area contributed by atoms with Crippen molar-refractivity contribution in [1.82, 2.24) is 4.90 Å². The molecule has 0 spiro atoms. The summed E-state index contributed by atoms with van der Waals surface area (Å²) in [6.07, 6.45) is 9.20. The molecule has 0 aromatic heterocycles. The van der Waals surface area contributed by atoms with E-state index < -0.39 is 0 Å². The lowest BCUT2D eigenvalue weighted by atomic mass is 9.90. The quantitative estimate of drug-likeness (QED) is 0.474.